The minimum Gasteiger partial charge on any atom is -0.324 e. The number of fused-ring (bicyclic) bond motifs is 1. The molecule has 0 spiro atoms. The Hall–Kier alpha value is -2.48. The largest absolute Gasteiger partial charge is 0.433 e. The van der Waals surface area contributed by atoms with Gasteiger partial charge in [0.2, 0.25) is 5.91 Å². The molecule has 2 heterocycles. The summed E-state index contributed by atoms with van der Waals surface area (Å²) in [5, 5.41) is 3.50. The van der Waals surface area contributed by atoms with Gasteiger partial charge in [0.05, 0.1) is 5.69 Å². The van der Waals surface area contributed by atoms with Crippen LogP contribution in [0.2, 0.25) is 0 Å². The molecular formula is C17H13F3N2O2S. The third-order valence-corrected chi connectivity index (χ3v) is 4.87. The van der Waals surface area contributed by atoms with E-state index in [0.717, 1.165) is 26.6 Å². The highest BCUT2D eigenvalue weighted by atomic mass is 32.1. The van der Waals surface area contributed by atoms with Crippen molar-refractivity contribution in [2.75, 3.05) is 5.32 Å². The van der Waals surface area contributed by atoms with E-state index in [1.54, 1.807) is 0 Å². The fourth-order valence-corrected chi connectivity index (χ4v) is 3.54. The van der Waals surface area contributed by atoms with Crippen LogP contribution in [0.25, 0.3) is 10.1 Å². The van der Waals surface area contributed by atoms with E-state index in [1.165, 1.54) is 11.3 Å². The molecule has 25 heavy (non-hydrogen) atoms. The number of dihydropyridines is 1. The molecule has 1 N–H and O–H groups in total. The van der Waals surface area contributed by atoms with Crippen LogP contribution in [0.5, 0.6) is 0 Å². The molecule has 1 aliphatic rings. The Balaban J connectivity index is 1.86. The Kier molecular flexibility index (Phi) is 4.24. The number of aliphatic imine (C=N–C) groups is 1. The van der Waals surface area contributed by atoms with Crippen LogP contribution in [0.4, 0.5) is 18.9 Å². The van der Waals surface area contributed by atoms with Crippen molar-refractivity contribution in [2.45, 2.75) is 20.0 Å². The average molecular weight is 366 g/mol. The number of nitrogens with zero attached hydrogens (tertiary/aromatic N) is 1. The molecule has 0 fully saturated rings. The van der Waals surface area contributed by atoms with Crippen molar-refractivity contribution >= 4 is 44.6 Å². The third-order valence-electron chi connectivity index (χ3n) is 3.78. The molecule has 0 saturated carbocycles. The van der Waals surface area contributed by atoms with Crippen molar-refractivity contribution in [3.8, 4) is 0 Å². The molecule has 3 rings (SSSR count). The highest BCUT2D eigenvalue weighted by Crippen LogP contribution is 2.36. The van der Waals surface area contributed by atoms with E-state index < -0.39 is 29.6 Å². The smallest absolute Gasteiger partial charge is 0.324 e. The number of anilines is 1. The molecule has 1 aliphatic heterocycles. The maximum absolute atomic E-state index is 12.6. The first-order chi connectivity index (χ1) is 11.7. The van der Waals surface area contributed by atoms with Crippen molar-refractivity contribution < 1.29 is 22.8 Å². The zero-order valence-electron chi connectivity index (χ0n) is 13.3. The summed E-state index contributed by atoms with van der Waals surface area (Å²) in [4.78, 5) is 28.1. The number of hydrogen-bond donors (Lipinski definition) is 1. The van der Waals surface area contributed by atoms with Crippen LogP contribution >= 0.6 is 11.3 Å². The number of aryl methyl sites for hydroxylation is 2. The first-order valence-electron chi connectivity index (χ1n) is 7.35. The number of rotatable bonds is 2. The standard InChI is InChI=1S/C17H13F3N2O2S/c1-8-3-5-12-11(7-8)14(9(2)25-12)22-16(24)10-4-6-13(17(18,19)20)21-15(10)23/h3-7,10H,1-2H3,(H,22,24). The number of nitrogens with one attached hydrogen (secondary N) is 1. The van der Waals surface area contributed by atoms with Gasteiger partial charge < -0.3 is 5.32 Å². The minimum atomic E-state index is -4.72. The van der Waals surface area contributed by atoms with E-state index >= 15 is 0 Å². The first kappa shape index (κ1) is 17.3. The topological polar surface area (TPSA) is 58.5 Å². The first-order valence-corrected chi connectivity index (χ1v) is 8.17. The molecule has 2 aromatic rings. The van der Waals surface area contributed by atoms with Crippen LogP contribution < -0.4 is 5.32 Å². The molecule has 0 bridgehead atoms. The predicted octanol–water partition coefficient (Wildman–Crippen LogP) is 4.17. The summed E-state index contributed by atoms with van der Waals surface area (Å²) in [6.07, 6.45) is -3.12. The molecule has 1 aromatic heterocycles. The molecule has 1 aromatic carbocycles. The highest BCUT2D eigenvalue weighted by molar-refractivity contribution is 7.19. The number of carbonyl (C=O) groups is 2. The van der Waals surface area contributed by atoms with Crippen molar-refractivity contribution in [3.63, 3.8) is 0 Å². The summed E-state index contributed by atoms with van der Waals surface area (Å²) in [6, 6.07) is 5.79. The number of thiophene rings is 1. The molecular weight excluding hydrogens is 353 g/mol. The predicted molar refractivity (Wildman–Crippen MR) is 91.1 cm³/mol. The Labute approximate surface area is 145 Å². The number of hydrogen-bond acceptors (Lipinski definition) is 3. The van der Waals surface area contributed by atoms with Crippen molar-refractivity contribution in [2.24, 2.45) is 10.9 Å². The number of halogens is 3. The van der Waals surface area contributed by atoms with Crippen molar-refractivity contribution in [1.82, 2.24) is 0 Å². The maximum Gasteiger partial charge on any atom is 0.433 e. The second kappa shape index (κ2) is 6.11. The fraction of sp³-hybridized carbons (Fsp3) is 0.235. The van der Waals surface area contributed by atoms with E-state index in [-0.39, 0.29) is 0 Å². The van der Waals surface area contributed by atoms with Crippen LogP contribution in [-0.4, -0.2) is 23.7 Å². The van der Waals surface area contributed by atoms with Crippen LogP contribution in [0, 0.1) is 19.8 Å². The summed E-state index contributed by atoms with van der Waals surface area (Å²) in [5.74, 6) is -3.19. The van der Waals surface area contributed by atoms with E-state index in [2.05, 4.69) is 10.3 Å². The molecule has 0 aliphatic carbocycles. The lowest BCUT2D eigenvalue weighted by molar-refractivity contribution is -0.128. The summed E-state index contributed by atoms with van der Waals surface area (Å²) in [6.45, 7) is 3.74. The average Bonchev–Trinajstić information content (AvgIpc) is 2.82. The summed E-state index contributed by atoms with van der Waals surface area (Å²) in [7, 11) is 0. The van der Waals surface area contributed by atoms with Gasteiger partial charge in [-0.15, -0.1) is 11.3 Å². The maximum atomic E-state index is 12.6. The molecule has 1 unspecified atom stereocenters. The lowest BCUT2D eigenvalue weighted by Crippen LogP contribution is -2.33. The van der Waals surface area contributed by atoms with Gasteiger partial charge in [-0.05, 0) is 32.1 Å². The van der Waals surface area contributed by atoms with Gasteiger partial charge in [-0.1, -0.05) is 17.7 Å². The summed E-state index contributed by atoms with van der Waals surface area (Å²) in [5.41, 5.74) is 0.281. The van der Waals surface area contributed by atoms with E-state index in [9.17, 15) is 22.8 Å². The second-order valence-corrected chi connectivity index (χ2v) is 6.95. The van der Waals surface area contributed by atoms with Gasteiger partial charge in [-0.25, -0.2) is 4.99 Å². The van der Waals surface area contributed by atoms with Gasteiger partial charge in [0, 0.05) is 15.0 Å². The van der Waals surface area contributed by atoms with Crippen LogP contribution in [-0.2, 0) is 9.59 Å². The third kappa shape index (κ3) is 3.34. The molecule has 1 atom stereocenters. The highest BCUT2D eigenvalue weighted by Gasteiger charge is 2.38. The Bertz CT molecular complexity index is 941. The number of alkyl halides is 3. The Morgan fingerprint density at radius 1 is 1.28 bits per heavy atom. The van der Waals surface area contributed by atoms with Gasteiger partial charge in [-0.3, -0.25) is 9.59 Å². The van der Waals surface area contributed by atoms with Crippen LogP contribution in [0.1, 0.15) is 10.4 Å². The number of benzene rings is 1. The van der Waals surface area contributed by atoms with E-state index in [0.29, 0.717) is 11.8 Å². The summed E-state index contributed by atoms with van der Waals surface area (Å²) < 4.78 is 38.7. The van der Waals surface area contributed by atoms with E-state index in [4.69, 9.17) is 0 Å². The molecule has 2 amide bonds. The van der Waals surface area contributed by atoms with Gasteiger partial charge in [0.25, 0.3) is 5.91 Å². The van der Waals surface area contributed by atoms with Gasteiger partial charge >= 0.3 is 6.18 Å². The Morgan fingerprint density at radius 2 is 2.00 bits per heavy atom. The monoisotopic (exact) mass is 366 g/mol. The number of amides is 2. The quantitative estimate of drug-likeness (QED) is 0.811. The van der Waals surface area contributed by atoms with Crippen LogP contribution in [0.3, 0.4) is 0 Å². The second-order valence-electron chi connectivity index (χ2n) is 5.69. The van der Waals surface area contributed by atoms with Gasteiger partial charge in [0.15, 0.2) is 0 Å². The number of allylic oxidation sites excluding steroid dienone is 1. The van der Waals surface area contributed by atoms with Crippen molar-refractivity contribution in [3.05, 3.63) is 40.8 Å². The van der Waals surface area contributed by atoms with E-state index in [1.807, 2.05) is 32.0 Å². The zero-order valence-corrected chi connectivity index (χ0v) is 14.1. The van der Waals surface area contributed by atoms with Gasteiger partial charge in [0.1, 0.15) is 11.6 Å². The van der Waals surface area contributed by atoms with Crippen LogP contribution in [0.15, 0.2) is 35.3 Å². The molecule has 130 valence electrons. The lowest BCUT2D eigenvalue weighted by Gasteiger charge is -2.16. The fourth-order valence-electron chi connectivity index (χ4n) is 2.54. The molecule has 4 nitrogen and oxygen atoms in total. The van der Waals surface area contributed by atoms with Gasteiger partial charge in [-0.2, -0.15) is 13.2 Å². The van der Waals surface area contributed by atoms with Crippen molar-refractivity contribution in [1.29, 1.82) is 0 Å². The summed E-state index contributed by atoms with van der Waals surface area (Å²) >= 11 is 1.49. The number of carbonyl (C=O) groups excluding carboxylic acids is 2. The zero-order chi connectivity index (χ0) is 18.4. The molecule has 0 saturated heterocycles. The SMILES string of the molecule is Cc1ccc2sc(C)c(NC(=O)C3C=CC(C(F)(F)F)=NC3=O)c2c1. The Morgan fingerprint density at radius 3 is 2.64 bits per heavy atom. The minimum absolute atomic E-state index is 0.570. The molecule has 8 heteroatoms. The molecule has 0 radical (unpaired) electrons. The lowest BCUT2D eigenvalue weighted by atomic mass is 10.0. The normalized spacial score (nSPS) is 17.7.